The van der Waals surface area contributed by atoms with E-state index in [0.29, 0.717) is 10.8 Å². The van der Waals surface area contributed by atoms with Gasteiger partial charge in [0, 0.05) is 10.9 Å². The maximum Gasteiger partial charge on any atom is 0.387 e. The minimum absolute atomic E-state index is 0.0214. The lowest BCUT2D eigenvalue weighted by Gasteiger charge is -2.12. The molecule has 32 heavy (non-hydrogen) atoms. The number of benzene rings is 2. The molecule has 0 atom stereocenters. The summed E-state index contributed by atoms with van der Waals surface area (Å²) in [6.45, 7) is -3.70. The molecule has 2 aromatic carbocycles. The number of carbonyl (C=O) groups is 1. The summed E-state index contributed by atoms with van der Waals surface area (Å²) in [6.07, 6.45) is 0. The van der Waals surface area contributed by atoms with Crippen LogP contribution in [0.25, 0.3) is 10.6 Å². The number of esters is 1. The SMILES string of the molecule is COc1ccc(-c2nc(C(=O)OCc3cc(OC)c(OC(F)F)cc3[N+](=O)[O-])cs2)cc1. The third-order valence-electron chi connectivity index (χ3n) is 4.19. The van der Waals surface area contributed by atoms with E-state index in [1.807, 2.05) is 0 Å². The Bertz CT molecular complexity index is 1120. The molecule has 0 aliphatic carbocycles. The van der Waals surface area contributed by atoms with E-state index in [1.165, 1.54) is 23.8 Å². The first kappa shape index (κ1) is 22.9. The summed E-state index contributed by atoms with van der Waals surface area (Å²) in [5.74, 6) is -0.806. The van der Waals surface area contributed by atoms with Gasteiger partial charge in [0.05, 0.1) is 30.8 Å². The molecular weight excluding hydrogens is 450 g/mol. The molecule has 9 nitrogen and oxygen atoms in total. The molecule has 0 fully saturated rings. The van der Waals surface area contributed by atoms with Crippen molar-refractivity contribution in [1.29, 1.82) is 0 Å². The highest BCUT2D eigenvalue weighted by Crippen LogP contribution is 2.36. The second-order valence-electron chi connectivity index (χ2n) is 6.11. The second kappa shape index (κ2) is 10.0. The van der Waals surface area contributed by atoms with Crippen LogP contribution in [0.3, 0.4) is 0 Å². The maximum absolute atomic E-state index is 12.5. The van der Waals surface area contributed by atoms with Crippen LogP contribution in [-0.2, 0) is 11.3 Å². The summed E-state index contributed by atoms with van der Waals surface area (Å²) in [7, 11) is 2.73. The highest BCUT2D eigenvalue weighted by molar-refractivity contribution is 7.13. The van der Waals surface area contributed by atoms with Crippen molar-refractivity contribution in [2.45, 2.75) is 13.2 Å². The van der Waals surface area contributed by atoms with Crippen LogP contribution in [0.5, 0.6) is 17.2 Å². The van der Waals surface area contributed by atoms with Gasteiger partial charge < -0.3 is 18.9 Å². The van der Waals surface area contributed by atoms with E-state index in [-0.39, 0.29) is 17.0 Å². The fourth-order valence-electron chi connectivity index (χ4n) is 2.68. The normalized spacial score (nSPS) is 10.7. The summed E-state index contributed by atoms with van der Waals surface area (Å²) in [5, 5.41) is 13.4. The molecular formula is C20H16F2N2O7S. The predicted octanol–water partition coefficient (Wildman–Crippen LogP) is 4.69. The Morgan fingerprint density at radius 3 is 2.47 bits per heavy atom. The minimum Gasteiger partial charge on any atom is -0.497 e. The maximum atomic E-state index is 12.5. The minimum atomic E-state index is -3.20. The van der Waals surface area contributed by atoms with E-state index in [4.69, 9.17) is 14.2 Å². The molecule has 0 saturated carbocycles. The fraction of sp³-hybridized carbons (Fsp3) is 0.200. The first-order valence-corrected chi connectivity index (χ1v) is 9.77. The van der Waals surface area contributed by atoms with Gasteiger partial charge in [-0.2, -0.15) is 8.78 Å². The molecule has 0 saturated heterocycles. The molecule has 0 unspecified atom stereocenters. The van der Waals surface area contributed by atoms with Crippen LogP contribution in [0.4, 0.5) is 14.5 Å². The first-order chi connectivity index (χ1) is 15.3. The molecule has 3 aromatic rings. The van der Waals surface area contributed by atoms with Crippen LogP contribution >= 0.6 is 11.3 Å². The molecule has 168 valence electrons. The zero-order valence-corrected chi connectivity index (χ0v) is 17.6. The molecule has 0 bridgehead atoms. The monoisotopic (exact) mass is 466 g/mol. The summed E-state index contributed by atoms with van der Waals surface area (Å²) < 4.78 is 44.5. The number of nitro groups is 1. The highest BCUT2D eigenvalue weighted by Gasteiger charge is 2.23. The average Bonchev–Trinajstić information content (AvgIpc) is 3.27. The largest absolute Gasteiger partial charge is 0.497 e. The lowest BCUT2D eigenvalue weighted by atomic mass is 10.1. The lowest BCUT2D eigenvalue weighted by Crippen LogP contribution is -2.09. The fourth-order valence-corrected chi connectivity index (χ4v) is 3.47. The predicted molar refractivity (Wildman–Crippen MR) is 110 cm³/mol. The third kappa shape index (κ3) is 5.27. The number of hydrogen-bond donors (Lipinski definition) is 0. The van der Waals surface area contributed by atoms with Crippen molar-refractivity contribution in [1.82, 2.24) is 4.98 Å². The van der Waals surface area contributed by atoms with Crippen molar-refractivity contribution in [3.63, 3.8) is 0 Å². The Morgan fingerprint density at radius 1 is 1.16 bits per heavy atom. The highest BCUT2D eigenvalue weighted by atomic mass is 32.1. The van der Waals surface area contributed by atoms with Crippen LogP contribution < -0.4 is 14.2 Å². The molecule has 12 heteroatoms. The number of carbonyl (C=O) groups excluding carboxylic acids is 1. The molecule has 0 N–H and O–H groups in total. The Kier molecular flexibility index (Phi) is 7.15. The van der Waals surface area contributed by atoms with E-state index in [2.05, 4.69) is 9.72 Å². The van der Waals surface area contributed by atoms with Gasteiger partial charge in [-0.15, -0.1) is 11.3 Å². The van der Waals surface area contributed by atoms with Crippen molar-refractivity contribution < 1.29 is 37.4 Å². The number of halogens is 2. The van der Waals surface area contributed by atoms with Crippen LogP contribution in [0.2, 0.25) is 0 Å². The number of hydrogen-bond acceptors (Lipinski definition) is 9. The number of alkyl halides is 2. The van der Waals surface area contributed by atoms with Crippen LogP contribution in [0.1, 0.15) is 16.1 Å². The third-order valence-corrected chi connectivity index (χ3v) is 5.08. The Morgan fingerprint density at radius 2 is 1.88 bits per heavy atom. The second-order valence-corrected chi connectivity index (χ2v) is 6.97. The van der Waals surface area contributed by atoms with Crippen molar-refractivity contribution in [3.8, 4) is 27.8 Å². The molecule has 0 aliphatic heterocycles. The summed E-state index contributed by atoms with van der Waals surface area (Å²) >= 11 is 1.22. The number of ether oxygens (including phenoxy) is 4. The number of methoxy groups -OCH3 is 2. The van der Waals surface area contributed by atoms with Crippen LogP contribution in [0.15, 0.2) is 41.8 Å². The summed E-state index contributed by atoms with van der Waals surface area (Å²) in [6, 6.07) is 8.97. The summed E-state index contributed by atoms with van der Waals surface area (Å²) in [5.41, 5.74) is 0.164. The van der Waals surface area contributed by atoms with Gasteiger partial charge in [0.15, 0.2) is 17.2 Å². The van der Waals surface area contributed by atoms with Gasteiger partial charge in [0.2, 0.25) is 0 Å². The van der Waals surface area contributed by atoms with Gasteiger partial charge in [-0.05, 0) is 30.3 Å². The van der Waals surface area contributed by atoms with Crippen molar-refractivity contribution >= 4 is 23.0 Å². The molecule has 0 spiro atoms. The molecule has 0 amide bonds. The molecule has 0 radical (unpaired) electrons. The number of nitrogens with zero attached hydrogens (tertiary/aromatic N) is 2. The number of nitro benzene ring substituents is 1. The average molecular weight is 466 g/mol. The van der Waals surface area contributed by atoms with Gasteiger partial charge in [-0.1, -0.05) is 0 Å². The Labute approximate surface area is 184 Å². The first-order valence-electron chi connectivity index (χ1n) is 8.89. The number of rotatable bonds is 9. The zero-order valence-electron chi connectivity index (χ0n) is 16.7. The van der Waals surface area contributed by atoms with E-state index >= 15 is 0 Å². The van der Waals surface area contributed by atoms with E-state index in [0.717, 1.165) is 17.7 Å². The van der Waals surface area contributed by atoms with Crippen LogP contribution in [0, 0.1) is 10.1 Å². The number of thiazole rings is 1. The van der Waals surface area contributed by atoms with Gasteiger partial charge in [0.1, 0.15) is 17.4 Å². The Balaban J connectivity index is 1.76. The van der Waals surface area contributed by atoms with E-state index in [1.54, 1.807) is 31.4 Å². The van der Waals surface area contributed by atoms with E-state index in [9.17, 15) is 23.7 Å². The lowest BCUT2D eigenvalue weighted by molar-refractivity contribution is -0.386. The topological polar surface area (TPSA) is 110 Å². The van der Waals surface area contributed by atoms with Crippen molar-refractivity contribution in [3.05, 3.63) is 63.1 Å². The smallest absolute Gasteiger partial charge is 0.387 e. The Hall–Kier alpha value is -3.80. The number of aromatic nitrogens is 1. The standard InChI is InChI=1S/C20H16F2N2O7S/c1-28-13-5-3-11(4-6-13)18-23-14(10-32-18)19(25)30-9-12-7-16(29-2)17(31-20(21)22)8-15(12)24(26)27/h3-8,10,20H,9H2,1-2H3. The van der Waals surface area contributed by atoms with Crippen molar-refractivity contribution in [2.24, 2.45) is 0 Å². The van der Waals surface area contributed by atoms with Gasteiger partial charge >= 0.3 is 12.6 Å². The molecule has 1 aromatic heterocycles. The van der Waals surface area contributed by atoms with Gasteiger partial charge in [0.25, 0.3) is 5.69 Å². The quantitative estimate of drug-likeness (QED) is 0.254. The van der Waals surface area contributed by atoms with Crippen LogP contribution in [-0.4, -0.2) is 36.7 Å². The molecule has 1 heterocycles. The van der Waals surface area contributed by atoms with Gasteiger partial charge in [-0.25, -0.2) is 9.78 Å². The van der Waals surface area contributed by atoms with Gasteiger partial charge in [-0.3, -0.25) is 10.1 Å². The zero-order chi connectivity index (χ0) is 23.3. The summed E-state index contributed by atoms with van der Waals surface area (Å²) in [4.78, 5) is 27.2. The van der Waals surface area contributed by atoms with E-state index < -0.39 is 35.5 Å². The van der Waals surface area contributed by atoms with Crippen molar-refractivity contribution in [2.75, 3.05) is 14.2 Å². The molecule has 0 aliphatic rings. The molecule has 3 rings (SSSR count).